The van der Waals surface area contributed by atoms with Crippen LogP contribution >= 0.6 is 0 Å². The minimum Gasteiger partial charge on any atom is -0.472 e. The van der Waals surface area contributed by atoms with Gasteiger partial charge in [0.2, 0.25) is 6.29 Å². The van der Waals surface area contributed by atoms with Crippen LogP contribution in [-0.2, 0) is 19.0 Å². The zero-order valence-electron chi connectivity index (χ0n) is 18.9. The van der Waals surface area contributed by atoms with Gasteiger partial charge in [0.05, 0.1) is 30.5 Å². The van der Waals surface area contributed by atoms with Crippen molar-refractivity contribution in [2.24, 2.45) is 17.8 Å². The summed E-state index contributed by atoms with van der Waals surface area (Å²) in [5.74, 6) is -2.27. The first-order valence-electron chi connectivity index (χ1n) is 11.5. The van der Waals surface area contributed by atoms with Gasteiger partial charge in [0.25, 0.3) is 0 Å². The number of benzene rings is 1. The zero-order chi connectivity index (χ0) is 24.5. The molecule has 9 heteroatoms. The van der Waals surface area contributed by atoms with E-state index in [1.807, 2.05) is 30.3 Å². The lowest BCUT2D eigenvalue weighted by atomic mass is 9.80. The first kappa shape index (κ1) is 24.8. The van der Waals surface area contributed by atoms with E-state index in [2.05, 4.69) is 0 Å². The van der Waals surface area contributed by atoms with Gasteiger partial charge < -0.3 is 39.7 Å². The number of ether oxygens (including phenoxy) is 3. The molecule has 186 valence electrons. The minimum atomic E-state index is -1.49. The summed E-state index contributed by atoms with van der Waals surface area (Å²) in [6.45, 7) is 1.32. The second-order valence-corrected chi connectivity index (χ2v) is 9.51. The van der Waals surface area contributed by atoms with Crippen LogP contribution in [0.25, 0.3) is 6.08 Å². The van der Waals surface area contributed by atoms with Gasteiger partial charge in [-0.3, -0.25) is 0 Å². The average Bonchev–Trinajstić information content (AvgIpc) is 3.09. The van der Waals surface area contributed by atoms with Gasteiger partial charge >= 0.3 is 5.97 Å². The van der Waals surface area contributed by atoms with Crippen LogP contribution in [0, 0.1) is 17.8 Å². The second kappa shape index (κ2) is 10.2. The summed E-state index contributed by atoms with van der Waals surface area (Å²) in [6, 6.07) is 9.29. The Hall–Kier alpha value is -2.27. The third kappa shape index (κ3) is 4.91. The van der Waals surface area contributed by atoms with Crippen LogP contribution in [0.1, 0.15) is 25.3 Å². The Bertz CT molecular complexity index is 901. The average molecular weight is 477 g/mol. The molecule has 0 radical (unpaired) electrons. The van der Waals surface area contributed by atoms with Crippen molar-refractivity contribution in [2.75, 3.05) is 6.61 Å². The standard InChI is InChI=1S/C25H32O9/c1-25(34-19(28)8-7-14-5-3-2-4-6-14)12-17(27)16-9-10-32-24(20(16)25)33-18-11-15(13-26)21(29)23(31)22(18)30/h2-10,15-18,20-24,26-27,29-31H,11-13H2,1H3/b8-7+/t15-,16?,17-,18-,20?,21-,22+,23+,24+,25+/m1/s1. The van der Waals surface area contributed by atoms with E-state index in [0.717, 1.165) is 5.56 Å². The predicted octanol–water partition coefficient (Wildman–Crippen LogP) is 0.349. The first-order valence-corrected chi connectivity index (χ1v) is 11.5. The highest BCUT2D eigenvalue weighted by Gasteiger charge is 2.58. The number of fused-ring (bicyclic) bond motifs is 1. The van der Waals surface area contributed by atoms with Crippen molar-refractivity contribution in [2.45, 2.75) is 62.2 Å². The van der Waals surface area contributed by atoms with Crippen LogP contribution in [-0.4, -0.2) is 80.5 Å². The van der Waals surface area contributed by atoms with Crippen LogP contribution in [0.4, 0.5) is 0 Å². The Morgan fingerprint density at radius 3 is 2.59 bits per heavy atom. The summed E-state index contributed by atoms with van der Waals surface area (Å²) >= 11 is 0. The summed E-state index contributed by atoms with van der Waals surface area (Å²) in [5, 5.41) is 50.9. The number of hydrogen-bond acceptors (Lipinski definition) is 9. The van der Waals surface area contributed by atoms with Crippen molar-refractivity contribution in [1.82, 2.24) is 0 Å². The molecule has 0 bridgehead atoms. The summed E-state index contributed by atoms with van der Waals surface area (Å²) in [7, 11) is 0. The van der Waals surface area contributed by atoms with E-state index in [4.69, 9.17) is 14.2 Å². The van der Waals surface area contributed by atoms with Gasteiger partial charge in [0.15, 0.2) is 0 Å². The normalized spacial score (nSPS) is 41.8. The molecule has 0 saturated heterocycles. The molecule has 1 heterocycles. The number of aliphatic hydroxyl groups excluding tert-OH is 5. The monoisotopic (exact) mass is 476 g/mol. The van der Waals surface area contributed by atoms with Gasteiger partial charge in [0.1, 0.15) is 17.8 Å². The van der Waals surface area contributed by atoms with Gasteiger partial charge in [-0.2, -0.15) is 0 Å². The number of rotatable bonds is 6. The molecule has 0 aromatic heterocycles. The Balaban J connectivity index is 1.50. The molecule has 1 aromatic carbocycles. The largest absolute Gasteiger partial charge is 0.472 e. The molecule has 4 rings (SSSR count). The maximum atomic E-state index is 12.6. The van der Waals surface area contributed by atoms with Gasteiger partial charge in [-0.05, 0) is 31.1 Å². The third-order valence-electron chi connectivity index (χ3n) is 7.17. The van der Waals surface area contributed by atoms with E-state index in [1.54, 1.807) is 19.1 Å². The maximum Gasteiger partial charge on any atom is 0.331 e. The quantitative estimate of drug-likeness (QED) is 0.290. The minimum absolute atomic E-state index is 0.0930. The molecule has 5 N–H and O–H groups in total. The van der Waals surface area contributed by atoms with E-state index in [-0.39, 0.29) is 19.4 Å². The summed E-state index contributed by atoms with van der Waals surface area (Å²) in [6.07, 6.45) is -0.603. The molecular weight excluding hydrogens is 444 g/mol. The molecule has 3 aliphatic rings. The molecule has 10 atom stereocenters. The number of esters is 1. The first-order chi connectivity index (χ1) is 16.2. The van der Waals surface area contributed by atoms with Gasteiger partial charge in [-0.15, -0.1) is 0 Å². The Labute approximate surface area is 197 Å². The lowest BCUT2D eigenvalue weighted by Gasteiger charge is -2.44. The van der Waals surface area contributed by atoms with Crippen molar-refractivity contribution in [3.8, 4) is 0 Å². The number of hydrogen-bond donors (Lipinski definition) is 5. The second-order valence-electron chi connectivity index (χ2n) is 9.51. The Morgan fingerprint density at radius 1 is 1.15 bits per heavy atom. The molecule has 0 spiro atoms. The molecule has 0 amide bonds. The third-order valence-corrected chi connectivity index (χ3v) is 7.17. The molecule has 9 nitrogen and oxygen atoms in total. The molecule has 1 aromatic rings. The smallest absolute Gasteiger partial charge is 0.331 e. The summed E-state index contributed by atoms with van der Waals surface area (Å²) in [5.41, 5.74) is -0.296. The maximum absolute atomic E-state index is 12.6. The number of carbonyl (C=O) groups excluding carboxylic acids is 1. The predicted molar refractivity (Wildman–Crippen MR) is 120 cm³/mol. The fourth-order valence-corrected chi connectivity index (χ4v) is 5.34. The SMILES string of the molecule is C[C@]1(OC(=O)/C=C/c2ccccc2)C[C@@H](O)C2C=CO[C@@H](O[C@@H]3C[C@H](CO)[C@@H](O)[C@H](O)[C@H]3O)C21. The number of carbonyl (C=O) groups is 1. The van der Waals surface area contributed by atoms with E-state index < -0.39 is 66.1 Å². The Kier molecular flexibility index (Phi) is 7.42. The molecule has 1 aliphatic heterocycles. The highest BCUT2D eigenvalue weighted by Crippen LogP contribution is 2.49. The van der Waals surface area contributed by atoms with Crippen molar-refractivity contribution < 1.29 is 44.5 Å². The van der Waals surface area contributed by atoms with E-state index in [0.29, 0.717) is 0 Å². The molecular formula is C25H32O9. The lowest BCUT2D eigenvalue weighted by molar-refractivity contribution is -0.259. The molecule has 2 unspecified atom stereocenters. The van der Waals surface area contributed by atoms with Crippen molar-refractivity contribution in [3.05, 3.63) is 54.3 Å². The zero-order valence-corrected chi connectivity index (χ0v) is 18.9. The molecule has 2 aliphatic carbocycles. The van der Waals surface area contributed by atoms with E-state index in [9.17, 15) is 30.3 Å². The Morgan fingerprint density at radius 2 is 1.88 bits per heavy atom. The van der Waals surface area contributed by atoms with Crippen LogP contribution in [0.5, 0.6) is 0 Å². The van der Waals surface area contributed by atoms with E-state index in [1.165, 1.54) is 12.3 Å². The van der Waals surface area contributed by atoms with Gasteiger partial charge in [0, 0.05) is 30.9 Å². The fourth-order valence-electron chi connectivity index (χ4n) is 5.34. The molecule has 2 saturated carbocycles. The highest BCUT2D eigenvalue weighted by molar-refractivity contribution is 5.87. The summed E-state index contributed by atoms with van der Waals surface area (Å²) in [4.78, 5) is 12.6. The van der Waals surface area contributed by atoms with Crippen LogP contribution in [0.2, 0.25) is 0 Å². The highest BCUT2D eigenvalue weighted by atomic mass is 16.7. The molecule has 2 fully saturated rings. The lowest BCUT2D eigenvalue weighted by Crippen LogP contribution is -2.57. The fraction of sp³-hybridized carbons (Fsp3) is 0.560. The van der Waals surface area contributed by atoms with Crippen molar-refractivity contribution >= 4 is 12.0 Å². The number of aliphatic hydroxyl groups is 5. The van der Waals surface area contributed by atoms with Crippen LogP contribution in [0.15, 0.2) is 48.7 Å². The van der Waals surface area contributed by atoms with E-state index >= 15 is 0 Å². The van der Waals surface area contributed by atoms with Gasteiger partial charge in [-0.1, -0.05) is 30.3 Å². The summed E-state index contributed by atoms with van der Waals surface area (Å²) < 4.78 is 17.5. The topological polar surface area (TPSA) is 146 Å². The van der Waals surface area contributed by atoms with Crippen molar-refractivity contribution in [1.29, 1.82) is 0 Å². The van der Waals surface area contributed by atoms with Crippen LogP contribution < -0.4 is 0 Å². The van der Waals surface area contributed by atoms with Crippen LogP contribution in [0.3, 0.4) is 0 Å². The molecule has 34 heavy (non-hydrogen) atoms. The van der Waals surface area contributed by atoms with Gasteiger partial charge in [-0.25, -0.2) is 4.79 Å². The van der Waals surface area contributed by atoms with Crippen molar-refractivity contribution in [3.63, 3.8) is 0 Å².